The van der Waals surface area contributed by atoms with E-state index in [1.165, 1.54) is 24.3 Å². The molecule has 158 valence electrons. The Balaban J connectivity index is 1.91. The molecular weight excluding hydrogens is 429 g/mol. The molecule has 0 saturated carbocycles. The number of para-hydroxylation sites is 2. The molecule has 0 saturated heterocycles. The van der Waals surface area contributed by atoms with Crippen LogP contribution in [0.15, 0.2) is 89.9 Å². The number of urea groups is 1. The molecule has 3 aromatic rings. The molecule has 1 aliphatic rings. The van der Waals surface area contributed by atoms with Gasteiger partial charge in [-0.2, -0.15) is 13.2 Å². The Morgan fingerprint density at radius 3 is 2.06 bits per heavy atom. The van der Waals surface area contributed by atoms with Gasteiger partial charge in [0.1, 0.15) is 0 Å². The lowest BCUT2D eigenvalue weighted by atomic mass is 9.98. The minimum atomic E-state index is -4.93. The number of carbonyl (C=O) groups excluding carboxylic acids is 1. The van der Waals surface area contributed by atoms with E-state index in [9.17, 15) is 18.0 Å². The van der Waals surface area contributed by atoms with Crippen LogP contribution in [-0.2, 0) is 5.66 Å². The zero-order chi connectivity index (χ0) is 22.1. The Morgan fingerprint density at radius 2 is 1.48 bits per heavy atom. The fourth-order valence-corrected chi connectivity index (χ4v) is 3.35. The molecule has 9 heteroatoms. The summed E-state index contributed by atoms with van der Waals surface area (Å²) in [7, 11) is 0. The molecule has 3 aromatic carbocycles. The molecule has 2 amide bonds. The van der Waals surface area contributed by atoms with Crippen LogP contribution in [0.3, 0.4) is 0 Å². The van der Waals surface area contributed by atoms with Gasteiger partial charge < -0.3 is 10.6 Å². The van der Waals surface area contributed by atoms with Crippen LogP contribution in [-0.4, -0.2) is 18.2 Å². The molecule has 0 fully saturated rings. The number of guanidine groups is 1. The molecule has 0 aliphatic carbocycles. The van der Waals surface area contributed by atoms with Crippen LogP contribution in [0.1, 0.15) is 5.56 Å². The van der Waals surface area contributed by atoms with Gasteiger partial charge in [0.15, 0.2) is 0 Å². The van der Waals surface area contributed by atoms with Crippen LogP contribution in [0, 0.1) is 0 Å². The lowest BCUT2D eigenvalue weighted by molar-refractivity contribution is -0.195. The molecule has 1 unspecified atom stereocenters. The van der Waals surface area contributed by atoms with Crippen molar-refractivity contribution in [2.24, 2.45) is 4.99 Å². The van der Waals surface area contributed by atoms with Crippen molar-refractivity contribution in [1.82, 2.24) is 5.32 Å². The quantitative estimate of drug-likeness (QED) is 0.540. The summed E-state index contributed by atoms with van der Waals surface area (Å²) >= 11 is 5.85. The van der Waals surface area contributed by atoms with Gasteiger partial charge in [0.05, 0.1) is 5.69 Å². The van der Waals surface area contributed by atoms with Crippen LogP contribution in [0.4, 0.5) is 29.3 Å². The number of anilines is 2. The maximum Gasteiger partial charge on any atom is 0.437 e. The first kappa shape index (κ1) is 20.7. The van der Waals surface area contributed by atoms with E-state index in [1.54, 1.807) is 60.7 Å². The first-order chi connectivity index (χ1) is 14.8. The topological polar surface area (TPSA) is 56.7 Å². The van der Waals surface area contributed by atoms with Crippen LogP contribution < -0.4 is 15.5 Å². The summed E-state index contributed by atoms with van der Waals surface area (Å²) < 4.78 is 43.2. The molecule has 1 atom stereocenters. The number of aliphatic imine (C=N–C) groups is 1. The van der Waals surface area contributed by atoms with Gasteiger partial charge in [-0.15, -0.1) is 0 Å². The maximum absolute atomic E-state index is 14.4. The van der Waals surface area contributed by atoms with E-state index in [1.807, 2.05) is 0 Å². The van der Waals surface area contributed by atoms with Gasteiger partial charge >= 0.3 is 12.2 Å². The largest absolute Gasteiger partial charge is 0.437 e. The van der Waals surface area contributed by atoms with Crippen LogP contribution in [0.25, 0.3) is 0 Å². The Hall–Kier alpha value is -3.52. The second-order valence-electron chi connectivity index (χ2n) is 6.74. The van der Waals surface area contributed by atoms with E-state index in [-0.39, 0.29) is 16.5 Å². The Morgan fingerprint density at radius 1 is 0.903 bits per heavy atom. The number of amides is 2. The maximum atomic E-state index is 14.4. The molecular formula is C22H16ClF3N4O. The third kappa shape index (κ3) is 3.94. The molecule has 0 radical (unpaired) electrons. The number of nitrogens with one attached hydrogen (secondary N) is 2. The molecule has 31 heavy (non-hydrogen) atoms. The second-order valence-corrected chi connectivity index (χ2v) is 7.18. The minimum Gasteiger partial charge on any atom is -0.325 e. The highest BCUT2D eigenvalue weighted by molar-refractivity contribution is 6.30. The van der Waals surface area contributed by atoms with Gasteiger partial charge in [-0.05, 0) is 36.4 Å². The summed E-state index contributed by atoms with van der Waals surface area (Å²) in [5.41, 5.74) is -2.42. The van der Waals surface area contributed by atoms with Gasteiger partial charge in [-0.1, -0.05) is 60.1 Å². The SMILES string of the molecule is O=C1NC(c2ccc(Cl)cc2)(C(F)(F)F)N=C(Nc2ccccc2)N1c1ccccc1. The summed E-state index contributed by atoms with van der Waals surface area (Å²) in [5, 5.41) is 5.18. The smallest absolute Gasteiger partial charge is 0.325 e. The lowest BCUT2D eigenvalue weighted by Crippen LogP contribution is -2.64. The number of halogens is 4. The number of nitrogens with zero attached hydrogens (tertiary/aromatic N) is 2. The molecule has 4 rings (SSSR count). The van der Waals surface area contributed by atoms with Crippen molar-refractivity contribution in [2.45, 2.75) is 11.8 Å². The molecule has 0 aromatic heterocycles. The van der Waals surface area contributed by atoms with Crippen molar-refractivity contribution in [2.75, 3.05) is 10.2 Å². The third-order valence-corrected chi connectivity index (χ3v) is 4.94. The van der Waals surface area contributed by atoms with E-state index in [0.717, 1.165) is 4.90 Å². The summed E-state index contributed by atoms with van der Waals surface area (Å²) in [6, 6.07) is 20.9. The van der Waals surface area contributed by atoms with E-state index in [2.05, 4.69) is 15.6 Å². The minimum absolute atomic E-state index is 0.265. The summed E-state index contributed by atoms with van der Waals surface area (Å²) in [4.78, 5) is 18.1. The molecule has 2 N–H and O–H groups in total. The molecule has 5 nitrogen and oxygen atoms in total. The Labute approximate surface area is 181 Å². The van der Waals surface area contributed by atoms with Crippen LogP contribution >= 0.6 is 11.6 Å². The van der Waals surface area contributed by atoms with Gasteiger partial charge in [-0.25, -0.2) is 14.7 Å². The van der Waals surface area contributed by atoms with Crippen LogP contribution in [0.5, 0.6) is 0 Å². The number of alkyl halides is 3. The Kier molecular flexibility index (Phi) is 5.32. The second kappa shape index (κ2) is 7.96. The monoisotopic (exact) mass is 444 g/mol. The number of hydrogen-bond donors (Lipinski definition) is 2. The number of benzene rings is 3. The highest BCUT2D eigenvalue weighted by Gasteiger charge is 2.60. The predicted octanol–water partition coefficient (Wildman–Crippen LogP) is 5.75. The normalized spacial score (nSPS) is 18.9. The highest BCUT2D eigenvalue weighted by atomic mass is 35.5. The summed E-state index contributed by atoms with van der Waals surface area (Å²) in [6.07, 6.45) is -4.93. The van der Waals surface area contributed by atoms with Crippen LogP contribution in [0.2, 0.25) is 5.02 Å². The fourth-order valence-electron chi connectivity index (χ4n) is 3.22. The molecule has 1 heterocycles. The number of hydrogen-bond acceptors (Lipinski definition) is 3. The fraction of sp³-hybridized carbons (Fsp3) is 0.0909. The highest BCUT2D eigenvalue weighted by Crippen LogP contribution is 2.43. The van der Waals surface area contributed by atoms with E-state index < -0.39 is 17.9 Å². The summed E-state index contributed by atoms with van der Waals surface area (Å²) in [6.45, 7) is 0. The number of carbonyl (C=O) groups is 1. The first-order valence-corrected chi connectivity index (χ1v) is 9.60. The zero-order valence-corrected chi connectivity index (χ0v) is 16.7. The summed E-state index contributed by atoms with van der Waals surface area (Å²) in [5.74, 6) is -0.270. The van der Waals surface area contributed by atoms with E-state index >= 15 is 0 Å². The molecule has 0 spiro atoms. The Bertz CT molecular complexity index is 1110. The van der Waals surface area contributed by atoms with E-state index in [0.29, 0.717) is 11.4 Å². The third-order valence-electron chi connectivity index (χ3n) is 4.69. The molecule has 1 aliphatic heterocycles. The number of rotatable bonds is 3. The predicted molar refractivity (Wildman–Crippen MR) is 114 cm³/mol. The first-order valence-electron chi connectivity index (χ1n) is 9.22. The van der Waals surface area contributed by atoms with Crippen molar-refractivity contribution in [3.63, 3.8) is 0 Å². The lowest BCUT2D eigenvalue weighted by Gasteiger charge is -2.40. The van der Waals surface area contributed by atoms with E-state index in [4.69, 9.17) is 11.6 Å². The van der Waals surface area contributed by atoms with Crippen molar-refractivity contribution < 1.29 is 18.0 Å². The average Bonchev–Trinajstić information content (AvgIpc) is 2.74. The molecule has 0 bridgehead atoms. The van der Waals surface area contributed by atoms with Gasteiger partial charge in [0.2, 0.25) is 5.96 Å². The average molecular weight is 445 g/mol. The van der Waals surface area contributed by atoms with Gasteiger partial charge in [0, 0.05) is 16.3 Å². The van der Waals surface area contributed by atoms with Gasteiger partial charge in [-0.3, -0.25) is 0 Å². The van der Waals surface area contributed by atoms with Crippen molar-refractivity contribution >= 4 is 35.0 Å². The van der Waals surface area contributed by atoms with Crippen molar-refractivity contribution in [3.8, 4) is 0 Å². The van der Waals surface area contributed by atoms with Crippen molar-refractivity contribution in [1.29, 1.82) is 0 Å². The van der Waals surface area contributed by atoms with Gasteiger partial charge in [0.25, 0.3) is 5.66 Å². The standard InChI is InChI=1S/C22H16ClF3N4O/c23-16-13-11-15(12-14-16)21(22(24,25)26)28-19(27-17-7-3-1-4-8-17)30(20(31)29-21)18-9-5-2-6-10-18/h1-14H,(H,27,28)(H,29,31). The zero-order valence-electron chi connectivity index (χ0n) is 15.9. The van der Waals surface area contributed by atoms with Crippen molar-refractivity contribution in [3.05, 3.63) is 95.5 Å².